The maximum Gasteiger partial charge on any atom is 0.330 e. The lowest BCUT2D eigenvalue weighted by molar-refractivity contribution is -0.137. The number of nitrogens with two attached hydrogens (primary N) is 1. The summed E-state index contributed by atoms with van der Waals surface area (Å²) in [5, 5.41) is 2.68. The van der Waals surface area contributed by atoms with E-state index in [1.54, 1.807) is 11.8 Å². The average Bonchev–Trinajstić information content (AvgIpc) is 2.60. The molecule has 0 aliphatic heterocycles. The molecule has 7 nitrogen and oxygen atoms in total. The molecule has 8 heteroatoms. The second-order valence-electron chi connectivity index (χ2n) is 5.32. The lowest BCUT2D eigenvalue weighted by atomic mass is 10.1. The van der Waals surface area contributed by atoms with Crippen molar-refractivity contribution in [1.29, 1.82) is 0 Å². The van der Waals surface area contributed by atoms with Gasteiger partial charge in [0.25, 0.3) is 0 Å². The normalized spacial score (nSPS) is 10.3. The maximum absolute atomic E-state index is 11.9. The molecule has 0 aliphatic carbocycles. The van der Waals surface area contributed by atoms with Gasteiger partial charge in [0.05, 0.1) is 6.61 Å². The van der Waals surface area contributed by atoms with Gasteiger partial charge in [-0.05, 0) is 31.1 Å². The number of carbonyl (C=O) groups excluding carboxylic acids is 3. The molecular weight excluding hydrogens is 354 g/mol. The maximum atomic E-state index is 11.9. The molecule has 1 rings (SSSR count). The third kappa shape index (κ3) is 8.93. The van der Waals surface area contributed by atoms with Gasteiger partial charge in [0.15, 0.2) is 5.11 Å². The molecule has 0 atom stereocenters. The summed E-state index contributed by atoms with van der Waals surface area (Å²) >= 11 is 5.24. The van der Waals surface area contributed by atoms with Crippen LogP contribution in [0.1, 0.15) is 18.9 Å². The number of esters is 1. The van der Waals surface area contributed by atoms with Gasteiger partial charge < -0.3 is 15.4 Å². The van der Waals surface area contributed by atoms with Crippen LogP contribution in [0.2, 0.25) is 0 Å². The summed E-state index contributed by atoms with van der Waals surface area (Å²) in [6.07, 6.45) is 2.88. The Morgan fingerprint density at radius 2 is 1.88 bits per heavy atom. The second-order valence-corrected chi connectivity index (χ2v) is 5.71. The lowest BCUT2D eigenvalue weighted by Crippen LogP contribution is -2.44. The number of carbonyl (C=O) groups is 3. The number of thiocarbonyl (C=S) groups is 1. The van der Waals surface area contributed by atoms with E-state index < -0.39 is 17.8 Å². The Kier molecular flexibility index (Phi) is 9.63. The first-order chi connectivity index (χ1) is 12.4. The molecule has 1 aromatic carbocycles. The highest BCUT2D eigenvalue weighted by molar-refractivity contribution is 7.80. The zero-order valence-electron chi connectivity index (χ0n) is 14.6. The number of rotatable bonds is 9. The van der Waals surface area contributed by atoms with Gasteiger partial charge in [-0.15, -0.1) is 0 Å². The van der Waals surface area contributed by atoms with E-state index in [0.717, 1.165) is 17.7 Å². The van der Waals surface area contributed by atoms with Crippen molar-refractivity contribution < 1.29 is 19.1 Å². The largest absolute Gasteiger partial charge is 0.463 e. The van der Waals surface area contributed by atoms with Gasteiger partial charge in [0, 0.05) is 31.7 Å². The number of hydrogen-bond donors (Lipinski definition) is 2. The molecule has 0 bridgehead atoms. The smallest absolute Gasteiger partial charge is 0.330 e. The average molecular weight is 377 g/mol. The van der Waals surface area contributed by atoms with Crippen LogP contribution in [0.3, 0.4) is 0 Å². The highest BCUT2D eigenvalue weighted by Crippen LogP contribution is 2.03. The van der Waals surface area contributed by atoms with Crippen molar-refractivity contribution in [2.75, 3.05) is 19.7 Å². The van der Waals surface area contributed by atoms with E-state index in [1.165, 1.54) is 0 Å². The fourth-order valence-corrected chi connectivity index (χ4v) is 2.31. The summed E-state index contributed by atoms with van der Waals surface area (Å²) in [6, 6.07) is 9.76. The van der Waals surface area contributed by atoms with Gasteiger partial charge in [0.2, 0.25) is 11.8 Å². The Balaban J connectivity index is 2.63. The molecule has 0 unspecified atom stereocenters. The number of amides is 2. The van der Waals surface area contributed by atoms with E-state index in [4.69, 9.17) is 22.7 Å². The number of hydrogen-bond acceptors (Lipinski definition) is 5. The molecule has 140 valence electrons. The summed E-state index contributed by atoms with van der Waals surface area (Å²) in [5.41, 5.74) is 6.30. The van der Waals surface area contributed by atoms with E-state index >= 15 is 0 Å². The molecule has 26 heavy (non-hydrogen) atoms. The summed E-state index contributed by atoms with van der Waals surface area (Å²) in [5.74, 6) is -1.61. The molecule has 3 N–H and O–H groups in total. The first-order valence-electron chi connectivity index (χ1n) is 8.19. The molecule has 0 aliphatic rings. The quantitative estimate of drug-likeness (QED) is 0.377. The van der Waals surface area contributed by atoms with Crippen molar-refractivity contribution in [2.45, 2.75) is 19.8 Å². The molecule has 0 aromatic heterocycles. The molecule has 0 spiro atoms. The van der Waals surface area contributed by atoms with Gasteiger partial charge in [-0.25, -0.2) is 4.79 Å². The van der Waals surface area contributed by atoms with Gasteiger partial charge in [0.1, 0.15) is 0 Å². The van der Waals surface area contributed by atoms with Crippen molar-refractivity contribution in [3.63, 3.8) is 0 Å². The molecule has 0 saturated carbocycles. The number of nitrogens with zero attached hydrogens (tertiary/aromatic N) is 1. The number of benzene rings is 1. The van der Waals surface area contributed by atoms with Crippen LogP contribution in [0, 0.1) is 0 Å². The van der Waals surface area contributed by atoms with Crippen molar-refractivity contribution in [1.82, 2.24) is 10.2 Å². The van der Waals surface area contributed by atoms with E-state index in [9.17, 15) is 14.4 Å². The van der Waals surface area contributed by atoms with Crippen LogP contribution in [-0.4, -0.2) is 47.5 Å². The van der Waals surface area contributed by atoms with E-state index in [2.05, 4.69) is 5.32 Å². The number of ether oxygens (including phenoxy) is 1. The standard InChI is InChI=1S/C18H23N3O4S/c1-2-25-17(24)9-8-16(23)20-18(26)21(13-11-15(19)22)12-10-14-6-4-3-5-7-14/h3-9H,2,10-13H2,1H3,(H2,19,22)(H,20,23,26)/b9-8+. The van der Waals surface area contributed by atoms with Crippen molar-refractivity contribution in [3.05, 3.63) is 48.0 Å². The first-order valence-corrected chi connectivity index (χ1v) is 8.60. The number of primary amides is 1. The Labute approximate surface area is 158 Å². The first kappa shape index (κ1) is 21.3. The lowest BCUT2D eigenvalue weighted by Gasteiger charge is -2.24. The Morgan fingerprint density at radius 3 is 2.50 bits per heavy atom. The van der Waals surface area contributed by atoms with Crippen LogP contribution >= 0.6 is 12.2 Å². The molecule has 0 heterocycles. The van der Waals surface area contributed by atoms with Gasteiger partial charge in [-0.1, -0.05) is 30.3 Å². The van der Waals surface area contributed by atoms with Crippen molar-refractivity contribution in [3.8, 4) is 0 Å². The van der Waals surface area contributed by atoms with E-state index in [0.29, 0.717) is 19.5 Å². The topological polar surface area (TPSA) is 102 Å². The van der Waals surface area contributed by atoms with E-state index in [-0.39, 0.29) is 18.1 Å². The van der Waals surface area contributed by atoms with Crippen LogP contribution in [0.5, 0.6) is 0 Å². The third-order valence-electron chi connectivity index (χ3n) is 3.32. The minimum Gasteiger partial charge on any atom is -0.463 e. The molecule has 0 radical (unpaired) electrons. The summed E-state index contributed by atoms with van der Waals surface area (Å²) in [6.45, 7) is 2.70. The highest BCUT2D eigenvalue weighted by atomic mass is 32.1. The Bertz CT molecular complexity index is 662. The summed E-state index contributed by atoms with van der Waals surface area (Å²) in [4.78, 5) is 35.8. The van der Waals surface area contributed by atoms with Gasteiger partial charge in [-0.3, -0.25) is 14.9 Å². The molecular formula is C18H23N3O4S. The highest BCUT2D eigenvalue weighted by Gasteiger charge is 2.13. The zero-order valence-corrected chi connectivity index (χ0v) is 15.5. The fourth-order valence-electron chi connectivity index (χ4n) is 2.03. The predicted octanol–water partition coefficient (Wildman–Crippen LogP) is 0.927. The van der Waals surface area contributed by atoms with Crippen molar-refractivity contribution in [2.24, 2.45) is 5.73 Å². The summed E-state index contributed by atoms with van der Waals surface area (Å²) in [7, 11) is 0. The van der Waals surface area contributed by atoms with Gasteiger partial charge in [-0.2, -0.15) is 0 Å². The minimum atomic E-state index is -0.608. The van der Waals surface area contributed by atoms with Crippen LogP contribution in [0.15, 0.2) is 42.5 Å². The van der Waals surface area contributed by atoms with E-state index in [1.807, 2.05) is 30.3 Å². The van der Waals surface area contributed by atoms with Crippen LogP contribution < -0.4 is 11.1 Å². The Hall–Kier alpha value is -2.74. The number of nitrogens with one attached hydrogen (secondary N) is 1. The van der Waals surface area contributed by atoms with Gasteiger partial charge >= 0.3 is 5.97 Å². The molecule has 0 saturated heterocycles. The molecule has 0 fully saturated rings. The summed E-state index contributed by atoms with van der Waals surface area (Å²) < 4.78 is 4.70. The zero-order chi connectivity index (χ0) is 19.4. The monoisotopic (exact) mass is 377 g/mol. The molecule has 1 aromatic rings. The fraction of sp³-hybridized carbons (Fsp3) is 0.333. The second kappa shape index (κ2) is 11.8. The third-order valence-corrected chi connectivity index (χ3v) is 3.68. The molecule has 2 amide bonds. The van der Waals surface area contributed by atoms with Crippen LogP contribution in [0.4, 0.5) is 0 Å². The SMILES string of the molecule is CCOC(=O)/C=C/C(=O)NC(=S)N(CCC(N)=O)CCc1ccccc1. The van der Waals surface area contributed by atoms with Crippen LogP contribution in [0.25, 0.3) is 0 Å². The predicted molar refractivity (Wildman–Crippen MR) is 102 cm³/mol. The Morgan fingerprint density at radius 1 is 1.19 bits per heavy atom. The minimum absolute atomic E-state index is 0.115. The van der Waals surface area contributed by atoms with Crippen molar-refractivity contribution >= 4 is 35.1 Å². The van der Waals surface area contributed by atoms with Crippen LogP contribution in [-0.2, 0) is 25.5 Å².